The molecule has 1 atom stereocenters. The Hall–Kier alpha value is -3.37. The summed E-state index contributed by atoms with van der Waals surface area (Å²) in [5.74, 6) is -1.33. The highest BCUT2D eigenvalue weighted by molar-refractivity contribution is 7.89. The van der Waals surface area contributed by atoms with Crippen LogP contribution in [0.2, 0.25) is 0 Å². The van der Waals surface area contributed by atoms with E-state index in [1.54, 1.807) is 6.07 Å². The van der Waals surface area contributed by atoms with Crippen molar-refractivity contribution >= 4 is 38.6 Å². The topological polar surface area (TPSA) is 141 Å². The van der Waals surface area contributed by atoms with E-state index in [0.29, 0.717) is 11.0 Å². The van der Waals surface area contributed by atoms with Crippen molar-refractivity contribution in [2.24, 2.45) is 5.14 Å². The van der Waals surface area contributed by atoms with E-state index in [0.717, 1.165) is 0 Å². The lowest BCUT2D eigenvalue weighted by molar-refractivity contribution is -0.123. The van der Waals surface area contributed by atoms with Gasteiger partial charge in [-0.15, -0.1) is 0 Å². The van der Waals surface area contributed by atoms with Crippen LogP contribution in [0.3, 0.4) is 0 Å². The van der Waals surface area contributed by atoms with E-state index < -0.39 is 28.0 Å². The number of amides is 1. The van der Waals surface area contributed by atoms with Gasteiger partial charge in [0.15, 0.2) is 6.10 Å². The van der Waals surface area contributed by atoms with Crippen LogP contribution in [-0.4, -0.2) is 36.4 Å². The Bertz CT molecular complexity index is 1160. The standard InChI is InChI=1S/C18H16N4O5S/c1-11(17(23)22-13-3-2-4-14(10-13)28(19,25)26)27-18(24)12-5-6-15-16(9-12)21-8-7-20-15/h2-11H,1H3,(H,22,23)(H2,19,25,26)/t11-/m0/s1. The Morgan fingerprint density at radius 1 is 1.07 bits per heavy atom. The smallest absolute Gasteiger partial charge is 0.338 e. The monoisotopic (exact) mass is 400 g/mol. The first kappa shape index (κ1) is 19.4. The predicted octanol–water partition coefficient (Wildman–Crippen LogP) is 1.46. The van der Waals surface area contributed by atoms with Gasteiger partial charge in [0, 0.05) is 18.1 Å². The third kappa shape index (κ3) is 4.48. The van der Waals surface area contributed by atoms with Crippen LogP contribution in [0.25, 0.3) is 11.0 Å². The summed E-state index contributed by atoms with van der Waals surface area (Å²) >= 11 is 0. The summed E-state index contributed by atoms with van der Waals surface area (Å²) in [6.45, 7) is 1.40. The van der Waals surface area contributed by atoms with Gasteiger partial charge in [-0.2, -0.15) is 0 Å². The summed E-state index contributed by atoms with van der Waals surface area (Å²) < 4.78 is 27.9. The molecule has 2 aromatic carbocycles. The van der Waals surface area contributed by atoms with Crippen LogP contribution in [0.5, 0.6) is 0 Å². The Morgan fingerprint density at radius 2 is 1.79 bits per heavy atom. The summed E-state index contributed by atoms with van der Waals surface area (Å²) in [7, 11) is -3.90. The molecule has 1 heterocycles. The summed E-state index contributed by atoms with van der Waals surface area (Å²) in [4.78, 5) is 32.6. The Morgan fingerprint density at radius 3 is 2.50 bits per heavy atom. The van der Waals surface area contributed by atoms with E-state index in [-0.39, 0.29) is 16.1 Å². The van der Waals surface area contributed by atoms with Crippen molar-refractivity contribution in [3.63, 3.8) is 0 Å². The molecule has 3 rings (SSSR count). The summed E-state index contributed by atoms with van der Waals surface area (Å²) in [5, 5.41) is 7.55. The third-order valence-electron chi connectivity index (χ3n) is 3.79. The molecule has 0 unspecified atom stereocenters. The number of rotatable bonds is 5. The number of carbonyl (C=O) groups is 2. The molecule has 9 nitrogen and oxygen atoms in total. The van der Waals surface area contributed by atoms with Crippen molar-refractivity contribution in [3.8, 4) is 0 Å². The fourth-order valence-corrected chi connectivity index (χ4v) is 2.93. The molecular formula is C18H16N4O5S. The lowest BCUT2D eigenvalue weighted by Gasteiger charge is -2.14. The maximum atomic E-state index is 12.3. The zero-order valence-corrected chi connectivity index (χ0v) is 15.5. The number of fused-ring (bicyclic) bond motifs is 1. The first-order valence-electron chi connectivity index (χ1n) is 8.09. The molecule has 0 saturated heterocycles. The number of carbonyl (C=O) groups excluding carboxylic acids is 2. The van der Waals surface area contributed by atoms with Crippen LogP contribution in [0.1, 0.15) is 17.3 Å². The fourth-order valence-electron chi connectivity index (χ4n) is 2.37. The second kappa shape index (κ2) is 7.71. The summed E-state index contributed by atoms with van der Waals surface area (Å²) in [6.07, 6.45) is 1.92. The molecule has 1 amide bonds. The fraction of sp³-hybridized carbons (Fsp3) is 0.111. The van der Waals surface area contributed by atoms with Gasteiger partial charge in [0.1, 0.15) is 0 Å². The molecule has 0 radical (unpaired) electrons. The minimum atomic E-state index is -3.90. The number of nitrogens with one attached hydrogen (secondary N) is 1. The number of primary sulfonamides is 1. The number of esters is 1. The van der Waals surface area contributed by atoms with Crippen molar-refractivity contribution < 1.29 is 22.7 Å². The van der Waals surface area contributed by atoms with Crippen molar-refractivity contribution in [3.05, 3.63) is 60.4 Å². The number of nitrogens with two attached hydrogens (primary N) is 1. The van der Waals surface area contributed by atoms with E-state index in [4.69, 9.17) is 9.88 Å². The van der Waals surface area contributed by atoms with Gasteiger partial charge in [-0.25, -0.2) is 18.4 Å². The van der Waals surface area contributed by atoms with Gasteiger partial charge < -0.3 is 10.1 Å². The maximum Gasteiger partial charge on any atom is 0.338 e. The zero-order valence-electron chi connectivity index (χ0n) is 14.7. The number of anilines is 1. The maximum absolute atomic E-state index is 12.3. The van der Waals surface area contributed by atoms with Gasteiger partial charge in [0.2, 0.25) is 10.0 Å². The average Bonchev–Trinajstić information content (AvgIpc) is 2.67. The second-order valence-electron chi connectivity index (χ2n) is 5.87. The van der Waals surface area contributed by atoms with Gasteiger partial charge >= 0.3 is 5.97 Å². The lowest BCUT2D eigenvalue weighted by atomic mass is 10.2. The van der Waals surface area contributed by atoms with Crippen molar-refractivity contribution in [1.82, 2.24) is 9.97 Å². The highest BCUT2D eigenvalue weighted by Gasteiger charge is 2.20. The number of hydrogen-bond acceptors (Lipinski definition) is 7. The van der Waals surface area contributed by atoms with Crippen LogP contribution in [-0.2, 0) is 19.6 Å². The molecule has 0 aliphatic carbocycles. The van der Waals surface area contributed by atoms with Crippen LogP contribution in [0.15, 0.2) is 59.8 Å². The second-order valence-corrected chi connectivity index (χ2v) is 7.43. The quantitative estimate of drug-likeness (QED) is 0.618. The third-order valence-corrected chi connectivity index (χ3v) is 4.70. The van der Waals surface area contributed by atoms with E-state index in [1.807, 2.05) is 0 Å². The summed E-state index contributed by atoms with van der Waals surface area (Å²) in [5.41, 5.74) is 1.58. The molecule has 0 spiro atoms. The van der Waals surface area contributed by atoms with Gasteiger partial charge in [-0.05, 0) is 43.3 Å². The highest BCUT2D eigenvalue weighted by atomic mass is 32.2. The first-order valence-corrected chi connectivity index (χ1v) is 9.64. The minimum absolute atomic E-state index is 0.146. The number of sulfonamides is 1. The molecule has 0 aliphatic heterocycles. The number of nitrogens with zero attached hydrogens (tertiary/aromatic N) is 2. The Labute approximate surface area is 160 Å². The molecule has 10 heteroatoms. The minimum Gasteiger partial charge on any atom is -0.449 e. The number of ether oxygens (including phenoxy) is 1. The van der Waals surface area contributed by atoms with Crippen LogP contribution in [0.4, 0.5) is 5.69 Å². The van der Waals surface area contributed by atoms with Gasteiger partial charge in [-0.1, -0.05) is 6.07 Å². The van der Waals surface area contributed by atoms with Crippen molar-refractivity contribution in [1.29, 1.82) is 0 Å². The number of hydrogen-bond donors (Lipinski definition) is 2. The Kier molecular flexibility index (Phi) is 5.34. The molecule has 0 fully saturated rings. The van der Waals surface area contributed by atoms with E-state index in [2.05, 4.69) is 15.3 Å². The lowest BCUT2D eigenvalue weighted by Crippen LogP contribution is -2.30. The average molecular weight is 400 g/mol. The molecule has 0 saturated carbocycles. The van der Waals surface area contributed by atoms with Gasteiger partial charge in [-0.3, -0.25) is 14.8 Å². The van der Waals surface area contributed by atoms with E-state index >= 15 is 0 Å². The molecule has 3 N–H and O–H groups in total. The molecular weight excluding hydrogens is 384 g/mol. The predicted molar refractivity (Wildman–Crippen MR) is 101 cm³/mol. The van der Waals surface area contributed by atoms with E-state index in [1.165, 1.54) is 55.7 Å². The normalized spacial score (nSPS) is 12.4. The van der Waals surface area contributed by atoms with Gasteiger partial charge in [0.25, 0.3) is 5.91 Å². The van der Waals surface area contributed by atoms with Crippen molar-refractivity contribution in [2.75, 3.05) is 5.32 Å². The molecule has 144 valence electrons. The molecule has 0 aliphatic rings. The largest absolute Gasteiger partial charge is 0.449 e. The molecule has 1 aromatic heterocycles. The summed E-state index contributed by atoms with van der Waals surface area (Å²) in [6, 6.07) is 10.1. The van der Waals surface area contributed by atoms with Crippen LogP contribution < -0.4 is 10.5 Å². The Balaban J connectivity index is 1.68. The number of benzene rings is 2. The van der Waals surface area contributed by atoms with Crippen molar-refractivity contribution in [2.45, 2.75) is 17.9 Å². The zero-order chi connectivity index (χ0) is 20.3. The van der Waals surface area contributed by atoms with Crippen LogP contribution >= 0.6 is 0 Å². The SMILES string of the molecule is C[C@H](OC(=O)c1ccc2nccnc2c1)C(=O)Nc1cccc(S(N)(=O)=O)c1. The van der Waals surface area contributed by atoms with E-state index in [9.17, 15) is 18.0 Å². The molecule has 28 heavy (non-hydrogen) atoms. The molecule has 3 aromatic rings. The molecule has 0 bridgehead atoms. The van der Waals surface area contributed by atoms with Crippen LogP contribution in [0, 0.1) is 0 Å². The van der Waals surface area contributed by atoms with Gasteiger partial charge in [0.05, 0.1) is 21.5 Å². The first-order chi connectivity index (χ1) is 13.2. The number of aromatic nitrogens is 2. The highest BCUT2D eigenvalue weighted by Crippen LogP contribution is 2.16.